The molecule has 30 heavy (non-hydrogen) atoms. The van der Waals surface area contributed by atoms with Gasteiger partial charge in [-0.05, 0) is 48.4 Å². The van der Waals surface area contributed by atoms with Crippen LogP contribution in [0.15, 0.2) is 51.4 Å². The summed E-state index contributed by atoms with van der Waals surface area (Å²) < 4.78 is 3.01. The lowest BCUT2D eigenvalue weighted by Gasteiger charge is -2.24. The molecule has 156 valence electrons. The fraction of sp³-hybridized carbons (Fsp3) is 0.435. The molecule has 1 atom stereocenters. The normalized spacial score (nSPS) is 20.8. The van der Waals surface area contributed by atoms with Crippen molar-refractivity contribution in [1.82, 2.24) is 19.2 Å². The molecule has 2 aromatic heterocycles. The molecule has 0 amide bonds. The monoisotopic (exact) mass is 422 g/mol. The van der Waals surface area contributed by atoms with Crippen LogP contribution >= 0.6 is 11.3 Å². The molecule has 7 heteroatoms. The standard InChI is InChI=1S/C23H26N4O2S/c1-2-17-5-7-18(8-6-17)14-25-11-9-23(16-25)10-12-26-20(28)21(29)27(24-22(23)26)15-19-4-3-13-30-19/h3-8,13H,2,9-12,14-16H2,1H3. The minimum Gasteiger partial charge on any atom is -0.298 e. The summed E-state index contributed by atoms with van der Waals surface area (Å²) in [6.07, 6.45) is 2.91. The minimum absolute atomic E-state index is 0.132. The van der Waals surface area contributed by atoms with E-state index in [0.717, 1.165) is 49.6 Å². The summed E-state index contributed by atoms with van der Waals surface area (Å²) >= 11 is 1.58. The average Bonchev–Trinajstić information content (AvgIpc) is 3.49. The van der Waals surface area contributed by atoms with Gasteiger partial charge in [0.1, 0.15) is 5.82 Å². The smallest absolute Gasteiger partial charge is 0.298 e. The summed E-state index contributed by atoms with van der Waals surface area (Å²) in [6, 6.07) is 12.8. The second-order valence-corrected chi connectivity index (χ2v) is 9.52. The Labute approximate surface area is 179 Å². The summed E-state index contributed by atoms with van der Waals surface area (Å²) in [5.74, 6) is 0.799. The first-order chi connectivity index (χ1) is 14.6. The highest BCUT2D eigenvalue weighted by Gasteiger charge is 2.47. The molecule has 5 rings (SSSR count). The average molecular weight is 423 g/mol. The lowest BCUT2D eigenvalue weighted by atomic mass is 9.85. The molecule has 3 aromatic rings. The van der Waals surface area contributed by atoms with E-state index in [0.29, 0.717) is 13.1 Å². The highest BCUT2D eigenvalue weighted by Crippen LogP contribution is 2.40. The topological polar surface area (TPSA) is 60.1 Å². The van der Waals surface area contributed by atoms with Crippen molar-refractivity contribution in [3.8, 4) is 0 Å². The Hall–Kier alpha value is -2.51. The van der Waals surface area contributed by atoms with Crippen LogP contribution in [-0.4, -0.2) is 32.3 Å². The van der Waals surface area contributed by atoms with Crippen LogP contribution in [0, 0.1) is 0 Å². The SMILES string of the molecule is CCc1ccc(CN2CCC3(CCn4c3nn(Cc3cccs3)c(=O)c4=O)C2)cc1. The first-order valence-corrected chi connectivity index (χ1v) is 11.5. The van der Waals surface area contributed by atoms with Crippen molar-refractivity contribution in [2.75, 3.05) is 13.1 Å². The Morgan fingerprint density at radius 2 is 1.77 bits per heavy atom. The number of hydrogen-bond donors (Lipinski definition) is 0. The molecule has 1 spiro atoms. The molecule has 0 radical (unpaired) electrons. The molecule has 1 aromatic carbocycles. The molecular weight excluding hydrogens is 396 g/mol. The van der Waals surface area contributed by atoms with Crippen molar-refractivity contribution in [2.24, 2.45) is 0 Å². The third-order valence-corrected chi connectivity index (χ3v) is 7.44. The largest absolute Gasteiger partial charge is 0.332 e. The number of rotatable bonds is 5. The van der Waals surface area contributed by atoms with Crippen LogP contribution in [-0.2, 0) is 31.5 Å². The zero-order valence-corrected chi connectivity index (χ0v) is 18.0. The number of thiophene rings is 1. The molecule has 0 saturated carbocycles. The highest BCUT2D eigenvalue weighted by molar-refractivity contribution is 7.09. The van der Waals surface area contributed by atoms with E-state index in [2.05, 4.69) is 36.1 Å². The molecule has 2 aliphatic heterocycles. The lowest BCUT2D eigenvalue weighted by Crippen LogP contribution is -2.45. The van der Waals surface area contributed by atoms with Crippen molar-refractivity contribution >= 4 is 11.3 Å². The third kappa shape index (κ3) is 3.36. The molecule has 1 saturated heterocycles. The fourth-order valence-electron chi connectivity index (χ4n) is 4.85. The van der Waals surface area contributed by atoms with Crippen LogP contribution < -0.4 is 11.1 Å². The van der Waals surface area contributed by atoms with Gasteiger partial charge in [-0.15, -0.1) is 11.3 Å². The van der Waals surface area contributed by atoms with Gasteiger partial charge >= 0.3 is 11.1 Å². The molecule has 1 fully saturated rings. The Morgan fingerprint density at radius 1 is 1.00 bits per heavy atom. The second kappa shape index (κ2) is 7.63. The van der Waals surface area contributed by atoms with Gasteiger partial charge in [0.25, 0.3) is 0 Å². The van der Waals surface area contributed by atoms with Gasteiger partial charge in [0, 0.05) is 29.9 Å². The van der Waals surface area contributed by atoms with Crippen LogP contribution in [0.5, 0.6) is 0 Å². The number of likely N-dealkylation sites (tertiary alicyclic amines) is 1. The summed E-state index contributed by atoms with van der Waals surface area (Å²) in [5, 5.41) is 6.71. The molecule has 0 bridgehead atoms. The summed E-state index contributed by atoms with van der Waals surface area (Å²) in [7, 11) is 0. The quantitative estimate of drug-likeness (QED) is 0.593. The van der Waals surface area contributed by atoms with Gasteiger partial charge in [0.15, 0.2) is 0 Å². The van der Waals surface area contributed by atoms with Gasteiger partial charge in [-0.3, -0.25) is 19.1 Å². The Morgan fingerprint density at radius 3 is 2.50 bits per heavy atom. The van der Waals surface area contributed by atoms with E-state index in [1.165, 1.54) is 15.8 Å². The Balaban J connectivity index is 1.41. The molecule has 0 N–H and O–H groups in total. The van der Waals surface area contributed by atoms with Gasteiger partial charge < -0.3 is 0 Å². The van der Waals surface area contributed by atoms with E-state index < -0.39 is 11.1 Å². The van der Waals surface area contributed by atoms with Gasteiger partial charge in [-0.2, -0.15) is 5.10 Å². The lowest BCUT2D eigenvalue weighted by molar-refractivity contribution is 0.298. The molecular formula is C23H26N4O2S. The Bertz CT molecular complexity index is 1160. The third-order valence-electron chi connectivity index (χ3n) is 6.58. The van der Waals surface area contributed by atoms with Gasteiger partial charge in [-0.1, -0.05) is 37.3 Å². The van der Waals surface area contributed by atoms with Crippen LogP contribution in [0.4, 0.5) is 0 Å². The van der Waals surface area contributed by atoms with E-state index in [4.69, 9.17) is 5.10 Å². The number of nitrogens with zero attached hydrogens (tertiary/aromatic N) is 4. The number of fused-ring (bicyclic) bond motifs is 2. The van der Waals surface area contributed by atoms with Crippen LogP contribution in [0.3, 0.4) is 0 Å². The molecule has 6 nitrogen and oxygen atoms in total. The summed E-state index contributed by atoms with van der Waals surface area (Å²) in [4.78, 5) is 28.8. The zero-order chi connectivity index (χ0) is 20.7. The van der Waals surface area contributed by atoms with Crippen molar-refractivity contribution in [3.63, 3.8) is 0 Å². The van der Waals surface area contributed by atoms with Crippen molar-refractivity contribution in [2.45, 2.75) is 51.2 Å². The minimum atomic E-state index is -0.518. The summed E-state index contributed by atoms with van der Waals surface area (Å²) in [5.41, 5.74) is 1.59. The van der Waals surface area contributed by atoms with E-state index in [1.807, 2.05) is 17.5 Å². The maximum atomic E-state index is 12.8. The predicted molar refractivity (Wildman–Crippen MR) is 118 cm³/mol. The maximum absolute atomic E-state index is 12.8. The van der Waals surface area contributed by atoms with E-state index in [9.17, 15) is 9.59 Å². The number of benzene rings is 1. The van der Waals surface area contributed by atoms with E-state index in [-0.39, 0.29) is 5.41 Å². The van der Waals surface area contributed by atoms with Crippen molar-refractivity contribution < 1.29 is 0 Å². The predicted octanol–water partition coefficient (Wildman–Crippen LogP) is 2.62. The number of aromatic nitrogens is 3. The van der Waals surface area contributed by atoms with Crippen LogP contribution in [0.25, 0.3) is 0 Å². The fourth-order valence-corrected chi connectivity index (χ4v) is 5.53. The van der Waals surface area contributed by atoms with Gasteiger partial charge in [0.05, 0.1) is 6.54 Å². The molecule has 0 aliphatic carbocycles. The van der Waals surface area contributed by atoms with Gasteiger partial charge in [0.2, 0.25) is 0 Å². The van der Waals surface area contributed by atoms with E-state index in [1.54, 1.807) is 15.9 Å². The zero-order valence-electron chi connectivity index (χ0n) is 17.2. The van der Waals surface area contributed by atoms with Gasteiger partial charge in [-0.25, -0.2) is 4.68 Å². The maximum Gasteiger partial charge on any atom is 0.332 e. The Kier molecular flexibility index (Phi) is 4.95. The number of hydrogen-bond acceptors (Lipinski definition) is 5. The second-order valence-electron chi connectivity index (χ2n) is 8.48. The highest BCUT2D eigenvalue weighted by atomic mass is 32.1. The molecule has 2 aliphatic rings. The van der Waals surface area contributed by atoms with Crippen LogP contribution in [0.1, 0.15) is 41.6 Å². The summed E-state index contributed by atoms with van der Waals surface area (Å²) in [6.45, 7) is 5.90. The van der Waals surface area contributed by atoms with Crippen LogP contribution in [0.2, 0.25) is 0 Å². The van der Waals surface area contributed by atoms with E-state index >= 15 is 0 Å². The first-order valence-electron chi connectivity index (χ1n) is 10.6. The number of aryl methyl sites for hydroxylation is 1. The molecule has 1 unspecified atom stereocenters. The van der Waals surface area contributed by atoms with Crippen molar-refractivity contribution in [1.29, 1.82) is 0 Å². The first kappa shape index (κ1) is 19.5. The van der Waals surface area contributed by atoms with Crippen molar-refractivity contribution in [3.05, 3.63) is 84.3 Å². The molecule has 4 heterocycles.